The summed E-state index contributed by atoms with van der Waals surface area (Å²) in [5.41, 5.74) is 3.27. The molecule has 4 aliphatic rings. The highest BCUT2D eigenvalue weighted by atomic mass is 19.1. The Morgan fingerprint density at radius 2 is 1.49 bits per heavy atom. The minimum atomic E-state index is -1.23. The van der Waals surface area contributed by atoms with Crippen LogP contribution in [0.2, 0.25) is 0 Å². The van der Waals surface area contributed by atoms with Gasteiger partial charge in [0.05, 0.1) is 19.6 Å². The van der Waals surface area contributed by atoms with Gasteiger partial charge in [-0.15, -0.1) is 5.06 Å². The van der Waals surface area contributed by atoms with E-state index in [-0.39, 0.29) is 56.6 Å². The molecule has 0 aromatic heterocycles. The molecule has 15 nitrogen and oxygen atoms in total. The van der Waals surface area contributed by atoms with Crippen LogP contribution >= 0.6 is 0 Å². The molecule has 3 atom stereocenters. The van der Waals surface area contributed by atoms with Gasteiger partial charge in [-0.2, -0.15) is 0 Å². The normalized spacial score (nSPS) is 19.7. The van der Waals surface area contributed by atoms with Gasteiger partial charge in [-0.1, -0.05) is 24.3 Å². The van der Waals surface area contributed by atoms with Crippen molar-refractivity contribution in [1.29, 1.82) is 0 Å². The zero-order valence-electron chi connectivity index (χ0n) is 28.2. The molecule has 0 radical (unpaired) electrons. The summed E-state index contributed by atoms with van der Waals surface area (Å²) >= 11 is 0. The molecular formula is C35H33B2FN4O11. The number of fused-ring (bicyclic) bond motifs is 2. The highest BCUT2D eigenvalue weighted by Crippen LogP contribution is 2.24. The second-order valence-corrected chi connectivity index (χ2v) is 13.3. The van der Waals surface area contributed by atoms with Gasteiger partial charge in [-0.25, -0.2) is 9.18 Å². The Hall–Kier alpha value is -5.42. The van der Waals surface area contributed by atoms with E-state index in [4.69, 9.17) is 14.1 Å². The van der Waals surface area contributed by atoms with Crippen molar-refractivity contribution in [1.82, 2.24) is 20.6 Å². The lowest BCUT2D eigenvalue weighted by Crippen LogP contribution is -2.50. The number of hydroxylamine groups is 2. The fourth-order valence-electron chi connectivity index (χ4n) is 6.93. The quantitative estimate of drug-likeness (QED) is 0.148. The number of hydrogen-bond acceptors (Lipinski definition) is 11. The maximum absolute atomic E-state index is 14.1. The lowest BCUT2D eigenvalue weighted by atomic mass is 9.78. The SMILES string of the molecule is O=C(C[C@H](Cc1ccc(F)cc1)NC(=O)[C@@H]1C[C@@H](NC(=O)c2ccc3c(c2)B(O)OC3)CN1C(=O)c1ccc2c(c1)B(O)OC2)ON1C(=O)CCC1=O. The molecule has 18 heteroatoms. The van der Waals surface area contributed by atoms with Gasteiger partial charge in [-0.05, 0) is 76.9 Å². The van der Waals surface area contributed by atoms with Crippen molar-refractivity contribution in [2.75, 3.05) is 6.54 Å². The topological polar surface area (TPSA) is 201 Å². The maximum atomic E-state index is 14.1. The lowest BCUT2D eigenvalue weighted by molar-refractivity contribution is -0.197. The number of hydrogen-bond donors (Lipinski definition) is 4. The summed E-state index contributed by atoms with van der Waals surface area (Å²) in [5, 5.41) is 26.5. The van der Waals surface area contributed by atoms with E-state index in [0.717, 1.165) is 5.56 Å². The smallest absolute Gasteiger partial charge is 0.423 e. The van der Waals surface area contributed by atoms with Crippen LogP contribution in [0.1, 0.15) is 63.1 Å². The highest BCUT2D eigenvalue weighted by Gasteiger charge is 2.42. The number of rotatable bonds is 10. The summed E-state index contributed by atoms with van der Waals surface area (Å²) in [7, 11) is -2.39. The first-order chi connectivity index (χ1) is 25.4. The number of carbonyl (C=O) groups is 6. The van der Waals surface area contributed by atoms with Gasteiger partial charge in [0.1, 0.15) is 11.9 Å². The van der Waals surface area contributed by atoms with Crippen LogP contribution in [0.5, 0.6) is 0 Å². The Bertz CT molecular complexity index is 1980. The number of nitrogens with zero attached hydrogens (tertiary/aromatic N) is 2. The third kappa shape index (κ3) is 7.71. The molecule has 7 rings (SSSR count). The zero-order valence-corrected chi connectivity index (χ0v) is 28.2. The molecule has 5 amide bonds. The summed E-state index contributed by atoms with van der Waals surface area (Å²) in [6.45, 7) is 0.284. The predicted octanol–water partition coefficient (Wildman–Crippen LogP) is -1.00. The molecule has 4 N–H and O–H groups in total. The predicted molar refractivity (Wildman–Crippen MR) is 182 cm³/mol. The van der Waals surface area contributed by atoms with E-state index in [2.05, 4.69) is 10.6 Å². The minimum absolute atomic E-state index is 0.0143. The van der Waals surface area contributed by atoms with E-state index >= 15 is 0 Å². The van der Waals surface area contributed by atoms with Crippen LogP contribution in [-0.2, 0) is 53.0 Å². The summed E-state index contributed by atoms with van der Waals surface area (Å²) < 4.78 is 24.2. The van der Waals surface area contributed by atoms with Gasteiger partial charge in [0.15, 0.2) is 0 Å². The highest BCUT2D eigenvalue weighted by molar-refractivity contribution is 6.62. The van der Waals surface area contributed by atoms with Gasteiger partial charge in [0.25, 0.3) is 23.6 Å². The lowest BCUT2D eigenvalue weighted by Gasteiger charge is -2.27. The Kier molecular flexibility index (Phi) is 10.1. The van der Waals surface area contributed by atoms with E-state index in [1.807, 2.05) is 0 Å². The van der Waals surface area contributed by atoms with E-state index in [0.29, 0.717) is 27.1 Å². The van der Waals surface area contributed by atoms with Gasteiger partial charge >= 0.3 is 20.2 Å². The minimum Gasteiger partial charge on any atom is -0.423 e. The first-order valence-corrected chi connectivity index (χ1v) is 17.0. The number of nitrogens with one attached hydrogen (secondary N) is 2. The first-order valence-electron chi connectivity index (χ1n) is 17.0. The van der Waals surface area contributed by atoms with Crippen molar-refractivity contribution < 1.29 is 57.4 Å². The van der Waals surface area contributed by atoms with Crippen LogP contribution in [0.4, 0.5) is 4.39 Å². The molecule has 0 bridgehead atoms. The number of amides is 5. The third-order valence-electron chi connectivity index (χ3n) is 9.68. The monoisotopic (exact) mass is 726 g/mol. The van der Waals surface area contributed by atoms with E-state index in [1.165, 1.54) is 41.3 Å². The fraction of sp³-hybridized carbons (Fsp3) is 0.314. The van der Waals surface area contributed by atoms with Crippen LogP contribution < -0.4 is 21.6 Å². The van der Waals surface area contributed by atoms with Crippen LogP contribution in [0.3, 0.4) is 0 Å². The fourth-order valence-corrected chi connectivity index (χ4v) is 6.93. The van der Waals surface area contributed by atoms with Crippen LogP contribution in [0, 0.1) is 5.82 Å². The Morgan fingerprint density at radius 3 is 2.13 bits per heavy atom. The van der Waals surface area contributed by atoms with Gasteiger partial charge in [0.2, 0.25) is 5.91 Å². The van der Waals surface area contributed by atoms with Crippen LogP contribution in [-0.4, -0.2) is 94.4 Å². The van der Waals surface area contributed by atoms with Crippen molar-refractivity contribution in [3.05, 3.63) is 94.3 Å². The summed E-state index contributed by atoms with van der Waals surface area (Å²) in [4.78, 5) is 85.0. The van der Waals surface area contributed by atoms with Crippen molar-refractivity contribution in [2.24, 2.45) is 0 Å². The van der Waals surface area contributed by atoms with Gasteiger partial charge in [0, 0.05) is 42.6 Å². The van der Waals surface area contributed by atoms with Gasteiger partial charge in [-0.3, -0.25) is 24.0 Å². The number of halogens is 1. The average molecular weight is 726 g/mol. The van der Waals surface area contributed by atoms with Crippen molar-refractivity contribution in [2.45, 2.75) is 63.4 Å². The largest absolute Gasteiger partial charge is 0.491 e. The second-order valence-electron chi connectivity index (χ2n) is 13.3. The molecule has 0 unspecified atom stereocenters. The standard InChI is InChI=1S/C35H33B2FN4O11/c38-24-7-1-19(2-8-24)11-25(15-32(45)53-42-30(43)9-10-31(42)44)39-34(47)29-14-26(40-33(46)20-3-5-22-17-51-36(49)27(22)12-20)16-41(29)35(48)21-4-6-23-18-52-37(50)28(23)13-21/h1-8,12-13,25-26,29,49-50H,9-11,14-18H2,(H,39,47)(H,40,46)/t25-,26+,29-/m0/s1. The molecule has 4 aliphatic heterocycles. The molecule has 4 heterocycles. The Morgan fingerprint density at radius 1 is 0.887 bits per heavy atom. The first kappa shape index (κ1) is 36.0. The number of likely N-dealkylation sites (tertiary alicyclic amines) is 1. The van der Waals surface area contributed by atoms with Crippen molar-refractivity contribution >= 4 is 60.7 Å². The molecule has 0 aliphatic carbocycles. The summed E-state index contributed by atoms with van der Waals surface area (Å²) in [6.07, 6.45) is -0.715. The molecule has 0 saturated carbocycles. The zero-order chi connectivity index (χ0) is 37.4. The van der Waals surface area contributed by atoms with E-state index in [1.54, 1.807) is 24.3 Å². The van der Waals surface area contributed by atoms with Gasteiger partial charge < -0.3 is 39.7 Å². The maximum Gasteiger partial charge on any atom is 0.491 e. The van der Waals surface area contributed by atoms with E-state index < -0.39 is 80.1 Å². The average Bonchev–Trinajstić information content (AvgIpc) is 3.92. The molecule has 53 heavy (non-hydrogen) atoms. The molecule has 0 spiro atoms. The number of benzene rings is 3. The second kappa shape index (κ2) is 14.9. The molecule has 272 valence electrons. The van der Waals surface area contributed by atoms with Crippen LogP contribution in [0.25, 0.3) is 0 Å². The summed E-state index contributed by atoms with van der Waals surface area (Å²) in [6, 6.07) is 12.0. The molecule has 2 saturated heterocycles. The Labute approximate surface area is 302 Å². The van der Waals surface area contributed by atoms with Crippen molar-refractivity contribution in [3.63, 3.8) is 0 Å². The third-order valence-corrected chi connectivity index (χ3v) is 9.68. The molecule has 3 aromatic rings. The molecule has 2 fully saturated rings. The summed E-state index contributed by atoms with van der Waals surface area (Å²) in [5.74, 6) is -4.58. The molecule has 3 aromatic carbocycles. The van der Waals surface area contributed by atoms with Crippen molar-refractivity contribution in [3.8, 4) is 0 Å². The number of carbonyl (C=O) groups excluding carboxylic acids is 6. The molecular weight excluding hydrogens is 693 g/mol. The Balaban J connectivity index is 1.12. The van der Waals surface area contributed by atoms with E-state index in [9.17, 15) is 43.2 Å². The van der Waals surface area contributed by atoms with Crippen LogP contribution in [0.15, 0.2) is 60.7 Å². The number of imide groups is 1.